The molecule has 0 bridgehead atoms. The first-order valence-corrected chi connectivity index (χ1v) is 10.9. The molecule has 2 aromatic rings. The van der Waals surface area contributed by atoms with Crippen LogP contribution in [0.25, 0.3) is 0 Å². The lowest BCUT2D eigenvalue weighted by Crippen LogP contribution is -2.48. The molecule has 1 heterocycles. The molecule has 0 spiro atoms. The Bertz CT molecular complexity index is 945. The number of hydrogen-bond acceptors (Lipinski definition) is 5. The Hall–Kier alpha value is -1.51. The summed E-state index contributed by atoms with van der Waals surface area (Å²) >= 11 is 12.1. The van der Waals surface area contributed by atoms with Gasteiger partial charge in [0.05, 0.1) is 19.2 Å². The molecule has 6 nitrogen and oxygen atoms in total. The third-order valence-electron chi connectivity index (χ3n) is 4.72. The molecule has 0 aromatic heterocycles. The molecule has 0 radical (unpaired) electrons. The van der Waals surface area contributed by atoms with Crippen molar-refractivity contribution in [1.82, 2.24) is 9.21 Å². The maximum atomic E-state index is 12.9. The molecule has 9 heteroatoms. The molecule has 0 unspecified atom stereocenters. The average Bonchev–Trinajstić information content (AvgIpc) is 2.70. The molecule has 152 valence electrons. The topological polar surface area (TPSA) is 59.1 Å². The largest absolute Gasteiger partial charge is 0.497 e. The molecule has 0 atom stereocenters. The van der Waals surface area contributed by atoms with E-state index in [9.17, 15) is 8.42 Å². The van der Waals surface area contributed by atoms with Crippen LogP contribution in [-0.4, -0.2) is 58.0 Å². The molecule has 0 saturated carbocycles. The highest BCUT2D eigenvalue weighted by molar-refractivity contribution is 7.89. The Morgan fingerprint density at radius 3 is 2.32 bits per heavy atom. The number of benzene rings is 2. The number of halogens is 2. The highest BCUT2D eigenvalue weighted by Crippen LogP contribution is 2.29. The lowest BCUT2D eigenvalue weighted by molar-refractivity contribution is 0.180. The van der Waals surface area contributed by atoms with E-state index in [1.54, 1.807) is 20.3 Å². The Morgan fingerprint density at radius 2 is 1.68 bits per heavy atom. The van der Waals surface area contributed by atoms with E-state index >= 15 is 0 Å². The highest BCUT2D eigenvalue weighted by Gasteiger charge is 2.30. The lowest BCUT2D eigenvalue weighted by atomic mass is 10.1. The first kappa shape index (κ1) is 21.2. The fourth-order valence-corrected chi connectivity index (χ4v) is 5.35. The van der Waals surface area contributed by atoms with Crippen LogP contribution in [0.1, 0.15) is 5.56 Å². The average molecular weight is 445 g/mol. The van der Waals surface area contributed by atoms with Gasteiger partial charge in [-0.15, -0.1) is 0 Å². The molecular formula is C19H22Cl2N2O4S. The zero-order valence-corrected chi connectivity index (χ0v) is 18.0. The van der Waals surface area contributed by atoms with E-state index in [0.29, 0.717) is 37.7 Å². The van der Waals surface area contributed by atoms with Gasteiger partial charge >= 0.3 is 0 Å². The first-order chi connectivity index (χ1) is 13.3. The van der Waals surface area contributed by atoms with Gasteiger partial charge in [0.15, 0.2) is 0 Å². The fourth-order valence-electron chi connectivity index (χ4n) is 3.19. The minimum Gasteiger partial charge on any atom is -0.497 e. The van der Waals surface area contributed by atoms with Gasteiger partial charge in [0.1, 0.15) is 16.4 Å². The van der Waals surface area contributed by atoms with Crippen LogP contribution >= 0.6 is 23.2 Å². The molecule has 1 fully saturated rings. The standard InChI is InChI=1S/C19H22Cl2N2O4S/c1-26-16-4-6-18(27-2)14(11-16)13-22-7-9-23(10-8-22)28(24,25)19-12-15(20)3-5-17(19)21/h3-6,11-12H,7-10,13H2,1-2H3. The van der Waals surface area contributed by atoms with Gasteiger partial charge in [-0.1, -0.05) is 23.2 Å². The SMILES string of the molecule is COc1ccc(OC)c(CN2CCN(S(=O)(=O)c3cc(Cl)ccc3Cl)CC2)c1. The van der Waals surface area contributed by atoms with Gasteiger partial charge in [-0.05, 0) is 36.4 Å². The van der Waals surface area contributed by atoms with Gasteiger partial charge in [-0.2, -0.15) is 4.31 Å². The number of sulfonamides is 1. The number of rotatable bonds is 6. The number of piperazine rings is 1. The lowest BCUT2D eigenvalue weighted by Gasteiger charge is -2.34. The second kappa shape index (κ2) is 8.88. The van der Waals surface area contributed by atoms with Crippen LogP contribution in [0.15, 0.2) is 41.3 Å². The van der Waals surface area contributed by atoms with Crippen LogP contribution in [0.2, 0.25) is 10.0 Å². The summed E-state index contributed by atoms with van der Waals surface area (Å²) in [4.78, 5) is 2.23. The van der Waals surface area contributed by atoms with Crippen LogP contribution in [0.3, 0.4) is 0 Å². The molecule has 1 saturated heterocycles. The number of methoxy groups -OCH3 is 2. The van der Waals surface area contributed by atoms with E-state index in [0.717, 1.165) is 17.1 Å². The van der Waals surface area contributed by atoms with Crippen molar-refractivity contribution in [3.63, 3.8) is 0 Å². The maximum absolute atomic E-state index is 12.9. The summed E-state index contributed by atoms with van der Waals surface area (Å²) in [6.07, 6.45) is 0. The van der Waals surface area contributed by atoms with E-state index in [2.05, 4.69) is 4.90 Å². The van der Waals surface area contributed by atoms with Crippen molar-refractivity contribution in [2.75, 3.05) is 40.4 Å². The second-order valence-electron chi connectivity index (χ2n) is 6.43. The summed E-state index contributed by atoms with van der Waals surface area (Å²) in [5.74, 6) is 1.54. The molecule has 3 rings (SSSR count). The molecule has 1 aliphatic rings. The van der Waals surface area contributed by atoms with Gasteiger partial charge < -0.3 is 9.47 Å². The van der Waals surface area contributed by atoms with Gasteiger partial charge in [-0.25, -0.2) is 8.42 Å². The van der Waals surface area contributed by atoms with Crippen molar-refractivity contribution in [3.8, 4) is 11.5 Å². The molecule has 2 aromatic carbocycles. The number of hydrogen-bond donors (Lipinski definition) is 0. The van der Waals surface area contributed by atoms with Crippen molar-refractivity contribution >= 4 is 33.2 Å². The predicted octanol–water partition coefficient (Wildman–Crippen LogP) is 3.52. The van der Waals surface area contributed by atoms with E-state index in [4.69, 9.17) is 32.7 Å². The minimum absolute atomic E-state index is 0.0459. The summed E-state index contributed by atoms with van der Waals surface area (Å²) in [6.45, 7) is 2.58. The van der Waals surface area contributed by atoms with Crippen LogP contribution in [0, 0.1) is 0 Å². The van der Waals surface area contributed by atoms with E-state index in [1.807, 2.05) is 18.2 Å². The molecule has 0 amide bonds. The molecule has 0 aliphatic carbocycles. The Kier molecular flexibility index (Phi) is 6.73. The van der Waals surface area contributed by atoms with Gasteiger partial charge in [-0.3, -0.25) is 4.90 Å². The van der Waals surface area contributed by atoms with Crippen molar-refractivity contribution in [3.05, 3.63) is 52.0 Å². The monoisotopic (exact) mass is 444 g/mol. The summed E-state index contributed by atoms with van der Waals surface area (Å²) in [5.41, 5.74) is 0.996. The third kappa shape index (κ3) is 4.55. The summed E-state index contributed by atoms with van der Waals surface area (Å²) in [5, 5.41) is 0.514. The smallest absolute Gasteiger partial charge is 0.244 e. The van der Waals surface area contributed by atoms with Crippen molar-refractivity contribution < 1.29 is 17.9 Å². The molecule has 1 aliphatic heterocycles. The minimum atomic E-state index is -3.69. The van der Waals surface area contributed by atoms with E-state index in [1.165, 1.54) is 16.4 Å². The Balaban J connectivity index is 1.70. The first-order valence-electron chi connectivity index (χ1n) is 8.73. The van der Waals surface area contributed by atoms with Gasteiger partial charge in [0.25, 0.3) is 0 Å². The summed E-state index contributed by atoms with van der Waals surface area (Å²) < 4.78 is 38.0. The van der Waals surface area contributed by atoms with Crippen LogP contribution in [-0.2, 0) is 16.6 Å². The second-order valence-corrected chi connectivity index (χ2v) is 9.18. The summed E-state index contributed by atoms with van der Waals surface area (Å²) in [6, 6.07) is 10.1. The molecule has 28 heavy (non-hydrogen) atoms. The van der Waals surface area contributed by atoms with Gasteiger partial charge in [0, 0.05) is 43.3 Å². The highest BCUT2D eigenvalue weighted by atomic mass is 35.5. The predicted molar refractivity (Wildman–Crippen MR) is 110 cm³/mol. The fraction of sp³-hybridized carbons (Fsp3) is 0.368. The zero-order chi connectivity index (χ0) is 20.3. The van der Waals surface area contributed by atoms with Crippen LogP contribution < -0.4 is 9.47 Å². The van der Waals surface area contributed by atoms with Crippen LogP contribution in [0.4, 0.5) is 0 Å². The Labute approximate surface area is 175 Å². The van der Waals surface area contributed by atoms with Crippen molar-refractivity contribution in [2.24, 2.45) is 0 Å². The molecular weight excluding hydrogens is 423 g/mol. The van der Waals surface area contributed by atoms with Crippen molar-refractivity contribution in [1.29, 1.82) is 0 Å². The van der Waals surface area contributed by atoms with E-state index < -0.39 is 10.0 Å². The Morgan fingerprint density at radius 1 is 0.964 bits per heavy atom. The van der Waals surface area contributed by atoms with Crippen molar-refractivity contribution in [2.45, 2.75) is 11.4 Å². The third-order valence-corrected chi connectivity index (χ3v) is 7.34. The van der Waals surface area contributed by atoms with E-state index in [-0.39, 0.29) is 9.92 Å². The number of nitrogens with zero attached hydrogens (tertiary/aromatic N) is 2. The zero-order valence-electron chi connectivity index (χ0n) is 15.7. The summed E-state index contributed by atoms with van der Waals surface area (Å²) in [7, 11) is -0.439. The van der Waals surface area contributed by atoms with Gasteiger partial charge in [0.2, 0.25) is 10.0 Å². The molecule has 0 N–H and O–H groups in total. The van der Waals surface area contributed by atoms with Crippen LogP contribution in [0.5, 0.6) is 11.5 Å². The quantitative estimate of drug-likeness (QED) is 0.681. The normalized spacial score (nSPS) is 16.1. The number of ether oxygens (including phenoxy) is 2. The maximum Gasteiger partial charge on any atom is 0.244 e.